The van der Waals surface area contributed by atoms with E-state index >= 15 is 0 Å². The number of benzene rings is 1. The topological polar surface area (TPSA) is 45.2 Å². The van der Waals surface area contributed by atoms with Crippen molar-refractivity contribution in [2.75, 3.05) is 20.6 Å². The van der Waals surface area contributed by atoms with Crippen molar-refractivity contribution in [1.29, 1.82) is 0 Å². The molecule has 2 rings (SSSR count). The highest BCUT2D eigenvalue weighted by atomic mass is 35.5. The summed E-state index contributed by atoms with van der Waals surface area (Å²) in [7, 11) is 3.46. The summed E-state index contributed by atoms with van der Waals surface area (Å²) in [6.45, 7) is 0.563. The number of rotatable bonds is 5. The van der Waals surface area contributed by atoms with Crippen LogP contribution in [0.25, 0.3) is 0 Å². The Bertz CT molecular complexity index is 599. The van der Waals surface area contributed by atoms with E-state index < -0.39 is 0 Å². The Morgan fingerprint density at radius 1 is 1.27 bits per heavy atom. The van der Waals surface area contributed by atoms with Gasteiger partial charge < -0.3 is 10.2 Å². The van der Waals surface area contributed by atoms with Gasteiger partial charge in [0.05, 0.1) is 0 Å². The van der Waals surface area contributed by atoms with Crippen molar-refractivity contribution >= 4 is 17.6 Å². The van der Waals surface area contributed by atoms with Crippen LogP contribution < -0.4 is 5.32 Å². The minimum Gasteiger partial charge on any atom is -0.337 e. The van der Waals surface area contributed by atoms with Gasteiger partial charge in [0.1, 0.15) is 0 Å². The van der Waals surface area contributed by atoms with Gasteiger partial charge >= 0.3 is 6.03 Å². The summed E-state index contributed by atoms with van der Waals surface area (Å²) >= 11 is 5.96. The molecule has 5 heteroatoms. The Labute approximate surface area is 136 Å². The average Bonchev–Trinajstić information content (AvgIpc) is 2.53. The maximum absolute atomic E-state index is 11.8. The molecule has 22 heavy (non-hydrogen) atoms. The van der Waals surface area contributed by atoms with Crippen LogP contribution in [0.5, 0.6) is 0 Å². The van der Waals surface area contributed by atoms with Crippen LogP contribution in [0.4, 0.5) is 4.79 Å². The quantitative estimate of drug-likeness (QED) is 0.919. The van der Waals surface area contributed by atoms with E-state index in [0.29, 0.717) is 11.6 Å². The largest absolute Gasteiger partial charge is 0.337 e. The van der Waals surface area contributed by atoms with Gasteiger partial charge in [-0.15, -0.1) is 0 Å². The van der Waals surface area contributed by atoms with E-state index in [2.05, 4.69) is 10.3 Å². The van der Waals surface area contributed by atoms with Crippen molar-refractivity contribution in [3.05, 3.63) is 64.9 Å². The lowest BCUT2D eigenvalue weighted by Gasteiger charge is -2.20. The fraction of sp³-hybridized carbons (Fsp3) is 0.294. The summed E-state index contributed by atoms with van der Waals surface area (Å²) in [6, 6.07) is 11.6. The zero-order valence-corrected chi connectivity index (χ0v) is 13.5. The van der Waals surface area contributed by atoms with Crippen molar-refractivity contribution in [2.24, 2.45) is 0 Å². The van der Waals surface area contributed by atoms with Crippen molar-refractivity contribution in [1.82, 2.24) is 15.2 Å². The van der Waals surface area contributed by atoms with Crippen LogP contribution >= 0.6 is 11.6 Å². The molecule has 1 heterocycles. The molecule has 0 aliphatic carbocycles. The van der Waals surface area contributed by atoms with E-state index in [1.807, 2.05) is 42.6 Å². The number of aromatic nitrogens is 1. The minimum absolute atomic E-state index is 0.0925. The first-order chi connectivity index (χ1) is 10.6. The van der Waals surface area contributed by atoms with Gasteiger partial charge in [-0.3, -0.25) is 4.98 Å². The Morgan fingerprint density at radius 2 is 2.00 bits per heavy atom. The highest BCUT2D eigenvalue weighted by molar-refractivity contribution is 6.30. The second kappa shape index (κ2) is 7.80. The minimum atomic E-state index is -0.0925. The van der Waals surface area contributed by atoms with Gasteiger partial charge in [-0.05, 0) is 35.7 Å². The number of urea groups is 1. The lowest BCUT2D eigenvalue weighted by Crippen LogP contribution is -2.37. The maximum Gasteiger partial charge on any atom is 0.316 e. The molecule has 1 aromatic carbocycles. The zero-order chi connectivity index (χ0) is 15.9. The summed E-state index contributed by atoms with van der Waals surface area (Å²) in [6.07, 6.45) is 4.43. The van der Waals surface area contributed by atoms with Crippen LogP contribution in [0.1, 0.15) is 17.0 Å². The van der Waals surface area contributed by atoms with Gasteiger partial charge in [-0.1, -0.05) is 29.8 Å². The molecule has 1 atom stereocenters. The third-order valence-corrected chi connectivity index (χ3v) is 3.70. The van der Waals surface area contributed by atoms with E-state index in [9.17, 15) is 4.79 Å². The van der Waals surface area contributed by atoms with Crippen LogP contribution in [0, 0.1) is 0 Å². The number of hydrogen-bond donors (Lipinski definition) is 1. The van der Waals surface area contributed by atoms with Gasteiger partial charge in [0.25, 0.3) is 0 Å². The van der Waals surface area contributed by atoms with Crippen LogP contribution in [0.3, 0.4) is 0 Å². The molecule has 1 unspecified atom stereocenters. The second-order valence-electron chi connectivity index (χ2n) is 5.39. The van der Waals surface area contributed by atoms with Gasteiger partial charge in [0.2, 0.25) is 0 Å². The molecule has 0 spiro atoms. The molecule has 1 aromatic heterocycles. The normalized spacial score (nSPS) is 11.8. The van der Waals surface area contributed by atoms with E-state index in [1.54, 1.807) is 20.3 Å². The standard InChI is InChI=1S/C17H20ClN3O/c1-21(2)17(22)20-12-15(10-13-4-3-9-19-11-13)14-5-7-16(18)8-6-14/h3-9,11,15H,10,12H2,1-2H3,(H,20,22). The molecule has 116 valence electrons. The summed E-state index contributed by atoms with van der Waals surface area (Å²) in [5.74, 6) is 0.172. The molecule has 0 fully saturated rings. The van der Waals surface area contributed by atoms with E-state index in [0.717, 1.165) is 17.5 Å². The molecule has 0 aliphatic heterocycles. The zero-order valence-electron chi connectivity index (χ0n) is 12.8. The summed E-state index contributed by atoms with van der Waals surface area (Å²) in [4.78, 5) is 17.4. The van der Waals surface area contributed by atoms with Gasteiger partial charge in [0.15, 0.2) is 0 Å². The summed E-state index contributed by atoms with van der Waals surface area (Å²) in [5, 5.41) is 3.66. The van der Waals surface area contributed by atoms with Crippen LogP contribution in [0.15, 0.2) is 48.8 Å². The Morgan fingerprint density at radius 3 is 2.59 bits per heavy atom. The van der Waals surface area contributed by atoms with Crippen molar-refractivity contribution < 1.29 is 4.79 Å². The Kier molecular flexibility index (Phi) is 5.78. The molecule has 0 aliphatic rings. The molecule has 2 amide bonds. The Balaban J connectivity index is 2.13. The SMILES string of the molecule is CN(C)C(=O)NCC(Cc1cccnc1)c1ccc(Cl)cc1. The average molecular weight is 318 g/mol. The van der Waals surface area contributed by atoms with Crippen LogP contribution in [-0.2, 0) is 6.42 Å². The summed E-state index contributed by atoms with van der Waals surface area (Å²) < 4.78 is 0. The van der Waals surface area contributed by atoms with E-state index in [1.165, 1.54) is 4.90 Å². The molecule has 0 bridgehead atoms. The first-order valence-corrected chi connectivity index (χ1v) is 7.53. The smallest absolute Gasteiger partial charge is 0.316 e. The third-order valence-electron chi connectivity index (χ3n) is 3.45. The monoisotopic (exact) mass is 317 g/mol. The molecule has 0 radical (unpaired) electrons. The second-order valence-corrected chi connectivity index (χ2v) is 5.83. The predicted octanol–water partition coefficient (Wildman–Crippen LogP) is 3.33. The fourth-order valence-corrected chi connectivity index (χ4v) is 2.34. The highest BCUT2D eigenvalue weighted by Crippen LogP contribution is 2.22. The Hall–Kier alpha value is -2.07. The van der Waals surface area contributed by atoms with Crippen LogP contribution in [-0.4, -0.2) is 36.6 Å². The highest BCUT2D eigenvalue weighted by Gasteiger charge is 2.15. The summed E-state index contributed by atoms with van der Waals surface area (Å²) in [5.41, 5.74) is 2.29. The fourth-order valence-electron chi connectivity index (χ4n) is 2.21. The number of nitrogens with zero attached hydrogens (tertiary/aromatic N) is 2. The molecule has 2 aromatic rings. The van der Waals surface area contributed by atoms with Crippen molar-refractivity contribution in [3.8, 4) is 0 Å². The molecular weight excluding hydrogens is 298 g/mol. The molecule has 0 saturated heterocycles. The lowest BCUT2D eigenvalue weighted by atomic mass is 9.92. The van der Waals surface area contributed by atoms with E-state index in [4.69, 9.17) is 11.6 Å². The van der Waals surface area contributed by atoms with Gasteiger partial charge in [-0.25, -0.2) is 4.79 Å². The van der Waals surface area contributed by atoms with Gasteiger partial charge in [0, 0.05) is 44.0 Å². The number of amides is 2. The van der Waals surface area contributed by atoms with Crippen molar-refractivity contribution in [3.63, 3.8) is 0 Å². The number of nitrogens with one attached hydrogen (secondary N) is 1. The first kappa shape index (κ1) is 16.3. The first-order valence-electron chi connectivity index (χ1n) is 7.16. The van der Waals surface area contributed by atoms with Crippen LogP contribution in [0.2, 0.25) is 5.02 Å². The van der Waals surface area contributed by atoms with Gasteiger partial charge in [-0.2, -0.15) is 0 Å². The number of hydrogen-bond acceptors (Lipinski definition) is 2. The number of halogens is 1. The number of carbonyl (C=O) groups is 1. The molecule has 1 N–H and O–H groups in total. The third kappa shape index (κ3) is 4.74. The lowest BCUT2D eigenvalue weighted by molar-refractivity contribution is 0.216. The molecule has 0 saturated carbocycles. The maximum atomic E-state index is 11.8. The number of carbonyl (C=O) groups excluding carboxylic acids is 1. The number of pyridine rings is 1. The van der Waals surface area contributed by atoms with Crippen molar-refractivity contribution in [2.45, 2.75) is 12.3 Å². The molecular formula is C17H20ClN3O. The predicted molar refractivity (Wildman–Crippen MR) is 89.2 cm³/mol. The molecule has 4 nitrogen and oxygen atoms in total. The van der Waals surface area contributed by atoms with E-state index in [-0.39, 0.29) is 11.9 Å².